The Morgan fingerprint density at radius 3 is 1.80 bits per heavy atom. The van der Waals surface area contributed by atoms with Crippen LogP contribution in [0, 0.1) is 0 Å². The van der Waals surface area contributed by atoms with Crippen LogP contribution < -0.4 is 4.90 Å². The van der Waals surface area contributed by atoms with Crippen molar-refractivity contribution < 1.29 is 0 Å². The van der Waals surface area contributed by atoms with Crippen molar-refractivity contribution in [3.05, 3.63) is 194 Å². The number of benzene rings is 9. The largest absolute Gasteiger partial charge is 0.308 e. The Hall–Kier alpha value is -6.64. The molecule has 0 fully saturated rings. The lowest BCUT2D eigenvalue weighted by Crippen LogP contribution is -2.13. The van der Waals surface area contributed by atoms with Crippen LogP contribution in [0.4, 0.5) is 17.1 Å². The van der Waals surface area contributed by atoms with Gasteiger partial charge < -0.3 is 9.47 Å². The zero-order valence-corrected chi connectivity index (χ0v) is 27.4. The van der Waals surface area contributed by atoms with Gasteiger partial charge in [-0.15, -0.1) is 0 Å². The highest BCUT2D eigenvalue weighted by molar-refractivity contribution is 6.18. The Morgan fingerprint density at radius 2 is 0.960 bits per heavy atom. The van der Waals surface area contributed by atoms with E-state index in [9.17, 15) is 0 Å². The molecule has 1 aromatic heterocycles. The van der Waals surface area contributed by atoms with Gasteiger partial charge in [0, 0.05) is 27.7 Å². The first-order chi connectivity index (χ1) is 24.8. The van der Waals surface area contributed by atoms with E-state index in [0.717, 1.165) is 22.7 Å². The molecule has 9 aromatic carbocycles. The number of aromatic nitrogens is 1. The van der Waals surface area contributed by atoms with Crippen LogP contribution in [0.25, 0.3) is 70.9 Å². The maximum atomic E-state index is 2.47. The van der Waals surface area contributed by atoms with Crippen molar-refractivity contribution in [1.82, 2.24) is 4.57 Å². The fourth-order valence-corrected chi connectivity index (χ4v) is 7.92. The minimum absolute atomic E-state index is 1.11. The molecule has 0 saturated carbocycles. The van der Waals surface area contributed by atoms with Crippen molar-refractivity contribution in [2.75, 3.05) is 4.90 Å². The fraction of sp³-hybridized carbons (Fsp3) is 0. The first-order valence-corrected chi connectivity index (χ1v) is 17.2. The van der Waals surface area contributed by atoms with Crippen LogP contribution in [0.5, 0.6) is 0 Å². The Labute approximate surface area is 290 Å². The van der Waals surface area contributed by atoms with Crippen molar-refractivity contribution in [3.8, 4) is 16.8 Å². The van der Waals surface area contributed by atoms with Crippen molar-refractivity contribution in [3.63, 3.8) is 0 Å². The van der Waals surface area contributed by atoms with Gasteiger partial charge in [-0.05, 0) is 80.3 Å². The lowest BCUT2D eigenvalue weighted by molar-refractivity contribution is 1.17. The van der Waals surface area contributed by atoms with E-state index < -0.39 is 0 Å². The summed E-state index contributed by atoms with van der Waals surface area (Å²) in [5.41, 5.74) is 9.22. The van der Waals surface area contributed by atoms with Crippen molar-refractivity contribution in [2.24, 2.45) is 0 Å². The van der Waals surface area contributed by atoms with Crippen molar-refractivity contribution >= 4 is 71.2 Å². The zero-order chi connectivity index (χ0) is 33.0. The maximum absolute atomic E-state index is 2.47. The molecule has 1 heterocycles. The molecule has 2 heteroatoms. The Balaban J connectivity index is 1.29. The van der Waals surface area contributed by atoms with Gasteiger partial charge in [0.15, 0.2) is 0 Å². The van der Waals surface area contributed by atoms with Gasteiger partial charge in [-0.1, -0.05) is 152 Å². The van der Waals surface area contributed by atoms with E-state index in [0.29, 0.717) is 0 Å². The molecular formula is C48H32N2. The summed E-state index contributed by atoms with van der Waals surface area (Å²) in [6.45, 7) is 0. The fourth-order valence-electron chi connectivity index (χ4n) is 7.92. The predicted molar refractivity (Wildman–Crippen MR) is 213 cm³/mol. The first kappa shape index (κ1) is 28.4. The molecule has 0 spiro atoms. The minimum atomic E-state index is 1.11. The van der Waals surface area contributed by atoms with Gasteiger partial charge in [-0.2, -0.15) is 0 Å². The molecule has 0 unspecified atom stereocenters. The van der Waals surface area contributed by atoms with Gasteiger partial charge >= 0.3 is 0 Å². The van der Waals surface area contributed by atoms with E-state index in [2.05, 4.69) is 204 Å². The molecule has 50 heavy (non-hydrogen) atoms. The molecule has 0 radical (unpaired) electrons. The summed E-state index contributed by atoms with van der Waals surface area (Å²) in [7, 11) is 0. The quantitative estimate of drug-likeness (QED) is 0.171. The smallest absolute Gasteiger partial charge is 0.0782 e. The Bertz CT molecular complexity index is 2870. The monoisotopic (exact) mass is 636 g/mol. The highest BCUT2D eigenvalue weighted by atomic mass is 15.2. The second kappa shape index (κ2) is 11.5. The van der Waals surface area contributed by atoms with E-state index in [1.54, 1.807) is 0 Å². The average molecular weight is 637 g/mol. The summed E-state index contributed by atoms with van der Waals surface area (Å²) in [5, 5.41) is 10.0. The van der Waals surface area contributed by atoms with Crippen LogP contribution in [0.3, 0.4) is 0 Å². The summed E-state index contributed by atoms with van der Waals surface area (Å²) in [6.07, 6.45) is 0. The topological polar surface area (TPSA) is 8.17 Å². The molecular weight excluding hydrogens is 605 g/mol. The lowest BCUT2D eigenvalue weighted by Gasteiger charge is -2.29. The number of para-hydroxylation sites is 4. The highest BCUT2D eigenvalue weighted by Crippen LogP contribution is 2.47. The zero-order valence-electron chi connectivity index (χ0n) is 27.4. The third-order valence-electron chi connectivity index (χ3n) is 10.1. The van der Waals surface area contributed by atoms with Crippen LogP contribution in [0.15, 0.2) is 194 Å². The second-order valence-electron chi connectivity index (χ2n) is 12.9. The summed E-state index contributed by atoms with van der Waals surface area (Å²) in [6, 6.07) is 70.5. The van der Waals surface area contributed by atoms with Gasteiger partial charge in [0.2, 0.25) is 0 Å². The van der Waals surface area contributed by atoms with E-state index >= 15 is 0 Å². The number of nitrogens with zero attached hydrogens (tertiary/aromatic N) is 2. The van der Waals surface area contributed by atoms with Crippen LogP contribution in [0.2, 0.25) is 0 Å². The number of rotatable bonds is 5. The first-order valence-electron chi connectivity index (χ1n) is 17.2. The average Bonchev–Trinajstić information content (AvgIpc) is 3.54. The molecule has 234 valence electrons. The standard InChI is InChI=1S/C48H32N2/c1-3-14-33(15-4-1)40-20-9-11-23-45(40)49(37-28-31-39-35(32-37)27-30-41-38-19-8-7-16-34(38)26-29-42(39)41)47-25-13-22-44-43-21-10-12-24-46(43)50(48(44)47)36-17-5-2-6-18-36/h1-32H. The normalized spacial score (nSPS) is 11.6. The summed E-state index contributed by atoms with van der Waals surface area (Å²) >= 11 is 0. The van der Waals surface area contributed by atoms with E-state index in [4.69, 9.17) is 0 Å². The SMILES string of the molecule is c1ccc(-c2ccccc2N(c2ccc3c(ccc4c5ccccc5ccc34)c2)c2cccc3c4ccccc4n(-c4ccccc4)c23)cc1. The second-order valence-corrected chi connectivity index (χ2v) is 12.9. The minimum Gasteiger partial charge on any atom is -0.308 e. The van der Waals surface area contributed by atoms with Crippen LogP contribution >= 0.6 is 0 Å². The van der Waals surface area contributed by atoms with Crippen molar-refractivity contribution in [1.29, 1.82) is 0 Å². The molecule has 0 N–H and O–H groups in total. The third-order valence-corrected chi connectivity index (χ3v) is 10.1. The van der Waals surface area contributed by atoms with Crippen LogP contribution in [-0.2, 0) is 0 Å². The maximum Gasteiger partial charge on any atom is 0.0782 e. The Morgan fingerprint density at radius 1 is 0.360 bits per heavy atom. The number of hydrogen-bond acceptors (Lipinski definition) is 1. The lowest BCUT2D eigenvalue weighted by atomic mass is 9.96. The van der Waals surface area contributed by atoms with E-state index in [1.165, 1.54) is 65.3 Å². The van der Waals surface area contributed by atoms with Gasteiger partial charge in [0.05, 0.1) is 22.4 Å². The van der Waals surface area contributed by atoms with Crippen molar-refractivity contribution in [2.45, 2.75) is 0 Å². The van der Waals surface area contributed by atoms with Gasteiger partial charge in [-0.25, -0.2) is 0 Å². The molecule has 0 aliphatic rings. The molecule has 0 aliphatic heterocycles. The Kier molecular flexibility index (Phi) is 6.53. The summed E-state index contributed by atoms with van der Waals surface area (Å²) in [5.74, 6) is 0. The molecule has 10 aromatic rings. The molecule has 0 saturated heterocycles. The van der Waals surface area contributed by atoms with E-state index in [-0.39, 0.29) is 0 Å². The van der Waals surface area contributed by atoms with Crippen LogP contribution in [-0.4, -0.2) is 4.57 Å². The van der Waals surface area contributed by atoms with Gasteiger partial charge in [-0.3, -0.25) is 0 Å². The molecule has 0 aliphatic carbocycles. The number of fused-ring (bicyclic) bond motifs is 8. The molecule has 0 atom stereocenters. The number of hydrogen-bond donors (Lipinski definition) is 0. The van der Waals surface area contributed by atoms with Crippen LogP contribution in [0.1, 0.15) is 0 Å². The predicted octanol–water partition coefficient (Wildman–Crippen LogP) is 13.4. The van der Waals surface area contributed by atoms with Gasteiger partial charge in [0.25, 0.3) is 0 Å². The highest BCUT2D eigenvalue weighted by Gasteiger charge is 2.23. The molecule has 0 amide bonds. The summed E-state index contributed by atoms with van der Waals surface area (Å²) in [4.78, 5) is 2.47. The number of anilines is 3. The molecule has 0 bridgehead atoms. The van der Waals surface area contributed by atoms with E-state index in [1.807, 2.05) is 0 Å². The molecule has 2 nitrogen and oxygen atoms in total. The van der Waals surface area contributed by atoms with Gasteiger partial charge in [0.1, 0.15) is 0 Å². The summed E-state index contributed by atoms with van der Waals surface area (Å²) < 4.78 is 2.43. The molecule has 10 rings (SSSR count). The third kappa shape index (κ3) is 4.43.